The number of nitrogens with two attached hydrogens (primary N) is 1. The van der Waals surface area contributed by atoms with E-state index in [0.29, 0.717) is 6.42 Å². The maximum atomic E-state index is 11.6. The second kappa shape index (κ2) is 6.22. The first-order chi connectivity index (χ1) is 7.65. The first-order valence-electron chi connectivity index (χ1n) is 4.77. The van der Waals surface area contributed by atoms with E-state index in [1.54, 1.807) is 17.8 Å². The third-order valence-corrected chi connectivity index (χ3v) is 2.65. The van der Waals surface area contributed by atoms with Gasteiger partial charge in [-0.2, -0.15) is 11.8 Å². The molecule has 0 bridgehead atoms. The lowest BCUT2D eigenvalue weighted by molar-refractivity contribution is -0.119. The van der Waals surface area contributed by atoms with E-state index < -0.39 is 17.9 Å². The highest BCUT2D eigenvalue weighted by Crippen LogP contribution is 2.04. The minimum absolute atomic E-state index is 0.176. The number of rotatable bonds is 6. The quantitative estimate of drug-likeness (QED) is 0.765. The van der Waals surface area contributed by atoms with Gasteiger partial charge in [-0.3, -0.25) is 9.59 Å². The van der Waals surface area contributed by atoms with Gasteiger partial charge in [-0.15, -0.1) is 0 Å². The van der Waals surface area contributed by atoms with Crippen LogP contribution in [0.15, 0.2) is 22.8 Å². The topological polar surface area (TPSA) is 85.3 Å². The van der Waals surface area contributed by atoms with Crippen molar-refractivity contribution in [3.63, 3.8) is 0 Å². The number of primary amides is 1. The fourth-order valence-corrected chi connectivity index (χ4v) is 1.63. The molecule has 1 heterocycles. The first-order valence-corrected chi connectivity index (χ1v) is 6.17. The Morgan fingerprint density at radius 1 is 1.62 bits per heavy atom. The van der Waals surface area contributed by atoms with Crippen LogP contribution in [0.1, 0.15) is 17.0 Å². The summed E-state index contributed by atoms with van der Waals surface area (Å²) in [5.74, 6) is -0.0225. The van der Waals surface area contributed by atoms with E-state index in [2.05, 4.69) is 5.32 Å². The van der Waals surface area contributed by atoms with Gasteiger partial charge in [0, 0.05) is 0 Å². The van der Waals surface area contributed by atoms with Crippen LogP contribution in [0.5, 0.6) is 0 Å². The van der Waals surface area contributed by atoms with Crippen molar-refractivity contribution in [2.45, 2.75) is 12.5 Å². The van der Waals surface area contributed by atoms with Crippen LogP contribution in [-0.2, 0) is 4.79 Å². The highest BCUT2D eigenvalue weighted by Gasteiger charge is 2.19. The fourth-order valence-electron chi connectivity index (χ4n) is 1.16. The van der Waals surface area contributed by atoms with E-state index >= 15 is 0 Å². The molecule has 0 saturated heterocycles. The average molecular weight is 242 g/mol. The van der Waals surface area contributed by atoms with Crippen LogP contribution in [0.4, 0.5) is 0 Å². The lowest BCUT2D eigenvalue weighted by Crippen LogP contribution is -2.44. The molecule has 88 valence electrons. The largest absolute Gasteiger partial charge is 0.459 e. The second-order valence-corrected chi connectivity index (χ2v) is 4.17. The Morgan fingerprint density at radius 2 is 2.38 bits per heavy atom. The molecule has 6 heteroatoms. The zero-order valence-corrected chi connectivity index (χ0v) is 9.75. The van der Waals surface area contributed by atoms with Crippen molar-refractivity contribution in [1.82, 2.24) is 5.32 Å². The first kappa shape index (κ1) is 12.6. The summed E-state index contributed by atoms with van der Waals surface area (Å²) in [4.78, 5) is 22.6. The van der Waals surface area contributed by atoms with Crippen molar-refractivity contribution in [2.24, 2.45) is 5.73 Å². The lowest BCUT2D eigenvalue weighted by atomic mass is 10.2. The second-order valence-electron chi connectivity index (χ2n) is 3.19. The third kappa shape index (κ3) is 3.62. The van der Waals surface area contributed by atoms with Crippen LogP contribution < -0.4 is 11.1 Å². The number of amides is 2. The van der Waals surface area contributed by atoms with Crippen molar-refractivity contribution >= 4 is 23.6 Å². The van der Waals surface area contributed by atoms with Crippen molar-refractivity contribution in [3.8, 4) is 0 Å². The van der Waals surface area contributed by atoms with Gasteiger partial charge in [-0.25, -0.2) is 0 Å². The molecule has 1 unspecified atom stereocenters. The molecule has 1 rings (SSSR count). The Balaban J connectivity index is 2.54. The molecule has 0 radical (unpaired) electrons. The molecule has 1 aromatic heterocycles. The molecule has 16 heavy (non-hydrogen) atoms. The van der Waals surface area contributed by atoms with E-state index in [-0.39, 0.29) is 5.76 Å². The van der Waals surface area contributed by atoms with Crippen LogP contribution in [0.3, 0.4) is 0 Å². The van der Waals surface area contributed by atoms with Gasteiger partial charge >= 0.3 is 0 Å². The Kier molecular flexibility index (Phi) is 4.91. The maximum Gasteiger partial charge on any atom is 0.287 e. The minimum Gasteiger partial charge on any atom is -0.459 e. The van der Waals surface area contributed by atoms with Gasteiger partial charge in [0.2, 0.25) is 5.91 Å². The smallest absolute Gasteiger partial charge is 0.287 e. The molecule has 0 aromatic carbocycles. The number of furan rings is 1. The van der Waals surface area contributed by atoms with Crippen molar-refractivity contribution in [3.05, 3.63) is 24.2 Å². The average Bonchev–Trinajstić information content (AvgIpc) is 2.76. The van der Waals surface area contributed by atoms with Crippen LogP contribution in [0.2, 0.25) is 0 Å². The van der Waals surface area contributed by atoms with E-state index in [9.17, 15) is 9.59 Å². The van der Waals surface area contributed by atoms with Crippen LogP contribution in [0, 0.1) is 0 Å². The van der Waals surface area contributed by atoms with E-state index in [4.69, 9.17) is 10.2 Å². The summed E-state index contributed by atoms with van der Waals surface area (Å²) in [5.41, 5.74) is 5.19. The highest BCUT2D eigenvalue weighted by molar-refractivity contribution is 7.98. The fraction of sp³-hybridized carbons (Fsp3) is 0.400. The van der Waals surface area contributed by atoms with Gasteiger partial charge in [0.25, 0.3) is 5.91 Å². The summed E-state index contributed by atoms with van der Waals surface area (Å²) in [7, 11) is 0. The van der Waals surface area contributed by atoms with Gasteiger partial charge in [0.1, 0.15) is 6.04 Å². The minimum atomic E-state index is -0.648. The van der Waals surface area contributed by atoms with E-state index in [1.807, 2.05) is 6.26 Å². The Morgan fingerprint density at radius 3 is 2.88 bits per heavy atom. The maximum absolute atomic E-state index is 11.6. The summed E-state index contributed by atoms with van der Waals surface area (Å²) in [6.07, 6.45) is 3.84. The molecule has 0 fully saturated rings. The molecule has 0 saturated carbocycles. The number of carbonyl (C=O) groups is 2. The van der Waals surface area contributed by atoms with Gasteiger partial charge in [-0.1, -0.05) is 0 Å². The molecule has 1 atom stereocenters. The predicted octanol–water partition coefficient (Wildman–Crippen LogP) is 0.616. The normalized spacial score (nSPS) is 12.1. The Bertz CT molecular complexity index is 351. The highest BCUT2D eigenvalue weighted by atomic mass is 32.2. The summed E-state index contributed by atoms with van der Waals surface area (Å²) in [6, 6.07) is 2.49. The molecule has 5 nitrogen and oxygen atoms in total. The zero-order valence-electron chi connectivity index (χ0n) is 8.93. The monoisotopic (exact) mass is 242 g/mol. The molecule has 1 aromatic rings. The molecule has 3 N–H and O–H groups in total. The van der Waals surface area contributed by atoms with Crippen molar-refractivity contribution < 1.29 is 14.0 Å². The van der Waals surface area contributed by atoms with Gasteiger partial charge in [0.05, 0.1) is 6.26 Å². The van der Waals surface area contributed by atoms with Gasteiger partial charge < -0.3 is 15.5 Å². The molecule has 2 amide bonds. The van der Waals surface area contributed by atoms with Gasteiger partial charge in [-0.05, 0) is 30.6 Å². The number of thioether (sulfide) groups is 1. The third-order valence-electron chi connectivity index (χ3n) is 2.00. The number of hydrogen-bond donors (Lipinski definition) is 2. The number of hydrogen-bond acceptors (Lipinski definition) is 4. The van der Waals surface area contributed by atoms with E-state index in [0.717, 1.165) is 5.75 Å². The molecular formula is C10H14N2O3S. The molecule has 0 spiro atoms. The van der Waals surface area contributed by atoms with Crippen LogP contribution in [-0.4, -0.2) is 29.9 Å². The molecule has 0 aliphatic carbocycles. The van der Waals surface area contributed by atoms with E-state index in [1.165, 1.54) is 12.3 Å². The summed E-state index contributed by atoms with van der Waals surface area (Å²) in [5, 5.41) is 2.53. The Labute approximate surface area is 97.8 Å². The molecule has 0 aliphatic rings. The SMILES string of the molecule is CSCCC(NC(=O)c1ccco1)C(N)=O. The molecular weight excluding hydrogens is 228 g/mol. The van der Waals surface area contributed by atoms with Crippen molar-refractivity contribution in [1.29, 1.82) is 0 Å². The lowest BCUT2D eigenvalue weighted by Gasteiger charge is -2.13. The van der Waals surface area contributed by atoms with Crippen LogP contribution >= 0.6 is 11.8 Å². The Hall–Kier alpha value is -1.43. The summed E-state index contributed by atoms with van der Waals surface area (Å²) in [6.45, 7) is 0. The number of carbonyl (C=O) groups excluding carboxylic acids is 2. The van der Waals surface area contributed by atoms with Gasteiger partial charge in [0.15, 0.2) is 5.76 Å². The zero-order chi connectivity index (χ0) is 12.0. The molecule has 0 aliphatic heterocycles. The van der Waals surface area contributed by atoms with Crippen molar-refractivity contribution in [2.75, 3.05) is 12.0 Å². The number of nitrogens with one attached hydrogen (secondary N) is 1. The summed E-state index contributed by atoms with van der Waals surface area (Å²) < 4.78 is 4.91. The standard InChI is InChI=1S/C10H14N2O3S/c1-16-6-4-7(9(11)13)12-10(14)8-3-2-5-15-8/h2-3,5,7H,4,6H2,1H3,(H2,11,13)(H,12,14). The predicted molar refractivity (Wildman–Crippen MR) is 62.2 cm³/mol. The van der Waals surface area contributed by atoms with Crippen LogP contribution in [0.25, 0.3) is 0 Å². The summed E-state index contributed by atoms with van der Waals surface area (Å²) >= 11 is 1.59.